The van der Waals surface area contributed by atoms with Crippen LogP contribution in [0.15, 0.2) is 41.2 Å². The Bertz CT molecular complexity index is 1070. The van der Waals surface area contributed by atoms with Gasteiger partial charge in [0.1, 0.15) is 24.7 Å². The first-order valence-corrected chi connectivity index (χ1v) is 9.21. The Morgan fingerprint density at radius 2 is 1.97 bits per heavy atom. The third-order valence-corrected chi connectivity index (χ3v) is 3.96. The van der Waals surface area contributed by atoms with E-state index in [1.807, 2.05) is 0 Å². The fourth-order valence-corrected chi connectivity index (χ4v) is 2.40. The van der Waals surface area contributed by atoms with Crippen LogP contribution in [0.2, 0.25) is 5.02 Å². The maximum Gasteiger partial charge on any atom is 0.316 e. The lowest BCUT2D eigenvalue weighted by molar-refractivity contribution is -0.385. The van der Waals surface area contributed by atoms with Crippen LogP contribution in [-0.2, 0) is 11.3 Å². The Morgan fingerprint density at radius 3 is 2.68 bits per heavy atom. The van der Waals surface area contributed by atoms with E-state index in [1.165, 1.54) is 10.9 Å². The molecule has 0 saturated carbocycles. The number of benzene rings is 1. The summed E-state index contributed by atoms with van der Waals surface area (Å²) in [5.74, 6) is -0.649. The molecule has 13 nitrogen and oxygen atoms in total. The second-order valence-electron chi connectivity index (χ2n) is 6.02. The monoisotopic (exact) mass is 449 g/mol. The predicted octanol–water partition coefficient (Wildman–Crippen LogP) is 0.801. The molecule has 0 aliphatic carbocycles. The summed E-state index contributed by atoms with van der Waals surface area (Å²) in [7, 11) is 0. The maximum atomic E-state index is 12.0. The van der Waals surface area contributed by atoms with E-state index >= 15 is 0 Å². The number of carbonyl (C=O) groups excluding carboxylic acids is 2. The highest BCUT2D eigenvalue weighted by Gasteiger charge is 2.16. The molecule has 0 fully saturated rings. The van der Waals surface area contributed by atoms with Crippen molar-refractivity contribution in [1.29, 1.82) is 0 Å². The number of hydrogen-bond donors (Lipinski definition) is 2. The highest BCUT2D eigenvalue weighted by molar-refractivity contribution is 6.30. The fourth-order valence-electron chi connectivity index (χ4n) is 2.27. The van der Waals surface area contributed by atoms with Crippen molar-refractivity contribution in [3.05, 3.63) is 63.5 Å². The van der Waals surface area contributed by atoms with E-state index in [0.29, 0.717) is 10.8 Å². The first kappa shape index (κ1) is 21.7. The number of nitrogens with one attached hydrogen (secondary N) is 2. The van der Waals surface area contributed by atoms with Crippen LogP contribution in [-0.4, -0.2) is 56.4 Å². The zero-order chi connectivity index (χ0) is 22.2. The topological polar surface area (TPSA) is 167 Å². The van der Waals surface area contributed by atoms with Crippen LogP contribution in [0.3, 0.4) is 0 Å². The lowest BCUT2D eigenvalue weighted by Crippen LogP contribution is -2.36. The molecule has 2 amide bonds. The van der Waals surface area contributed by atoms with Gasteiger partial charge in [0, 0.05) is 18.1 Å². The van der Waals surface area contributed by atoms with Gasteiger partial charge in [-0.3, -0.25) is 24.4 Å². The van der Waals surface area contributed by atoms with E-state index in [-0.39, 0.29) is 49.6 Å². The molecule has 2 heterocycles. The largest absolute Gasteiger partial charge is 0.484 e. The van der Waals surface area contributed by atoms with E-state index in [1.54, 1.807) is 24.3 Å². The van der Waals surface area contributed by atoms with Crippen molar-refractivity contribution < 1.29 is 23.8 Å². The lowest BCUT2D eigenvalue weighted by Gasteiger charge is -2.07. The zero-order valence-electron chi connectivity index (χ0n) is 15.9. The molecule has 2 N–H and O–H groups in total. The Labute approximate surface area is 179 Å². The van der Waals surface area contributed by atoms with Crippen molar-refractivity contribution in [2.24, 2.45) is 0 Å². The van der Waals surface area contributed by atoms with Crippen LogP contribution in [0.1, 0.15) is 16.5 Å². The Kier molecular flexibility index (Phi) is 7.11. The van der Waals surface area contributed by atoms with Crippen LogP contribution < -0.4 is 15.4 Å². The van der Waals surface area contributed by atoms with E-state index in [0.717, 1.165) is 6.20 Å². The third-order valence-electron chi connectivity index (χ3n) is 3.71. The molecule has 0 radical (unpaired) electrons. The summed E-state index contributed by atoms with van der Waals surface area (Å²) >= 11 is 5.77. The molecule has 0 spiro atoms. The molecular formula is C17H16ClN7O6. The molecule has 0 atom stereocenters. The van der Waals surface area contributed by atoms with Gasteiger partial charge in [0.15, 0.2) is 12.4 Å². The second-order valence-corrected chi connectivity index (χ2v) is 6.45. The highest BCUT2D eigenvalue weighted by atomic mass is 35.5. The molecule has 0 unspecified atom stereocenters. The predicted molar refractivity (Wildman–Crippen MR) is 105 cm³/mol. The van der Waals surface area contributed by atoms with Crippen LogP contribution >= 0.6 is 11.6 Å². The summed E-state index contributed by atoms with van der Waals surface area (Å²) in [6.45, 7) is 0.0869. The first-order chi connectivity index (χ1) is 14.9. The Morgan fingerprint density at radius 1 is 1.23 bits per heavy atom. The molecule has 0 bridgehead atoms. The van der Waals surface area contributed by atoms with Crippen molar-refractivity contribution in [2.75, 3.05) is 19.7 Å². The molecule has 31 heavy (non-hydrogen) atoms. The van der Waals surface area contributed by atoms with Crippen molar-refractivity contribution in [2.45, 2.75) is 6.54 Å². The van der Waals surface area contributed by atoms with Crippen molar-refractivity contribution in [1.82, 2.24) is 30.6 Å². The van der Waals surface area contributed by atoms with Crippen LogP contribution in [0.4, 0.5) is 5.69 Å². The van der Waals surface area contributed by atoms with Gasteiger partial charge < -0.3 is 19.9 Å². The van der Waals surface area contributed by atoms with Gasteiger partial charge in [-0.25, -0.2) is 0 Å². The number of ether oxygens (including phenoxy) is 1. The van der Waals surface area contributed by atoms with Gasteiger partial charge in [0.05, 0.1) is 4.92 Å². The molecule has 2 aromatic heterocycles. The average Bonchev–Trinajstić information content (AvgIpc) is 3.41. The quantitative estimate of drug-likeness (QED) is 0.258. The fraction of sp³-hybridized carbons (Fsp3) is 0.235. The number of carbonyl (C=O) groups is 2. The normalized spacial score (nSPS) is 10.5. The Balaban J connectivity index is 1.36. The van der Waals surface area contributed by atoms with Gasteiger partial charge in [-0.05, 0) is 24.3 Å². The van der Waals surface area contributed by atoms with Crippen LogP contribution in [0, 0.1) is 10.1 Å². The number of nitrogens with zero attached hydrogens (tertiary/aromatic N) is 5. The molecule has 0 saturated heterocycles. The Hall–Kier alpha value is -4.00. The number of rotatable bonds is 10. The molecule has 1 aromatic carbocycles. The maximum absolute atomic E-state index is 12.0. The molecule has 3 aromatic rings. The van der Waals surface area contributed by atoms with E-state index < -0.39 is 10.8 Å². The van der Waals surface area contributed by atoms with Gasteiger partial charge in [-0.15, -0.1) is 0 Å². The van der Waals surface area contributed by atoms with E-state index in [4.69, 9.17) is 20.9 Å². The summed E-state index contributed by atoms with van der Waals surface area (Å²) in [5.41, 5.74) is -0.179. The number of nitro groups is 1. The summed E-state index contributed by atoms with van der Waals surface area (Å²) in [6, 6.07) is 6.57. The summed E-state index contributed by atoms with van der Waals surface area (Å²) in [5, 5.41) is 23.7. The SMILES string of the molecule is O=C(COc1ccc(Cl)cc1)NCCNC(=O)c1nc(Cn2cc([N+](=O)[O-])cn2)no1. The molecule has 14 heteroatoms. The summed E-state index contributed by atoms with van der Waals surface area (Å²) < 4.78 is 11.4. The summed E-state index contributed by atoms with van der Waals surface area (Å²) in [4.78, 5) is 37.7. The van der Waals surface area contributed by atoms with Crippen molar-refractivity contribution in [3.8, 4) is 5.75 Å². The number of hydrogen-bond acceptors (Lipinski definition) is 9. The molecule has 162 valence electrons. The van der Waals surface area contributed by atoms with Gasteiger partial charge in [0.25, 0.3) is 5.91 Å². The van der Waals surface area contributed by atoms with Crippen molar-refractivity contribution in [3.63, 3.8) is 0 Å². The third kappa shape index (κ3) is 6.50. The lowest BCUT2D eigenvalue weighted by atomic mass is 10.3. The molecular weight excluding hydrogens is 434 g/mol. The minimum absolute atomic E-state index is 0.00566. The highest BCUT2D eigenvalue weighted by Crippen LogP contribution is 2.15. The molecule has 0 aliphatic heterocycles. The first-order valence-electron chi connectivity index (χ1n) is 8.83. The minimum atomic E-state index is -0.628. The van der Waals surface area contributed by atoms with Gasteiger partial charge >= 0.3 is 17.5 Å². The molecule has 3 rings (SSSR count). The number of amides is 2. The summed E-state index contributed by atoms with van der Waals surface area (Å²) in [6.07, 6.45) is 2.29. The second kappa shape index (κ2) is 10.2. The van der Waals surface area contributed by atoms with Crippen LogP contribution in [0.25, 0.3) is 0 Å². The minimum Gasteiger partial charge on any atom is -0.484 e. The molecule has 0 aliphatic rings. The van der Waals surface area contributed by atoms with Gasteiger partial charge in [-0.2, -0.15) is 10.1 Å². The van der Waals surface area contributed by atoms with Gasteiger partial charge in [-0.1, -0.05) is 16.8 Å². The van der Waals surface area contributed by atoms with E-state index in [9.17, 15) is 19.7 Å². The standard InChI is InChI=1S/C17H16ClN7O6/c18-11-1-3-13(4-2-11)30-10-15(26)19-5-6-20-16(27)17-22-14(23-31-17)9-24-8-12(7-21-24)25(28)29/h1-4,7-8H,5-6,9-10H2,(H,19,26)(H,20,27). The smallest absolute Gasteiger partial charge is 0.316 e. The number of aromatic nitrogens is 4. The van der Waals surface area contributed by atoms with Crippen molar-refractivity contribution >= 4 is 29.1 Å². The van der Waals surface area contributed by atoms with Gasteiger partial charge in [0.2, 0.25) is 0 Å². The van der Waals surface area contributed by atoms with Crippen LogP contribution in [0.5, 0.6) is 5.75 Å². The van der Waals surface area contributed by atoms with E-state index in [2.05, 4.69) is 25.9 Å². The zero-order valence-corrected chi connectivity index (χ0v) is 16.6. The average molecular weight is 450 g/mol. The number of halogens is 1.